The number of anilines is 1. The van der Waals surface area contributed by atoms with Gasteiger partial charge in [0.1, 0.15) is 11.3 Å². The van der Waals surface area contributed by atoms with Crippen LogP contribution in [0.1, 0.15) is 13.3 Å². The van der Waals surface area contributed by atoms with Gasteiger partial charge in [-0.1, -0.05) is 13.0 Å². The number of carbonyl (C=O) groups excluding carboxylic acids is 1. The Morgan fingerprint density at radius 2 is 2.12 bits per heavy atom. The number of carbonyl (C=O) groups is 1. The third-order valence-corrected chi connectivity index (χ3v) is 3.74. The molecule has 0 spiro atoms. The highest BCUT2D eigenvalue weighted by atomic mass is 32.1. The van der Waals surface area contributed by atoms with Gasteiger partial charge in [0.2, 0.25) is 11.8 Å². The van der Waals surface area contributed by atoms with Gasteiger partial charge >= 0.3 is 0 Å². The molecule has 0 saturated carbocycles. The van der Waals surface area contributed by atoms with E-state index in [9.17, 15) is 4.79 Å². The van der Waals surface area contributed by atoms with Crippen LogP contribution in [-0.4, -0.2) is 23.1 Å². The van der Waals surface area contributed by atoms with E-state index in [0.717, 1.165) is 22.5 Å². The van der Waals surface area contributed by atoms with E-state index >= 15 is 0 Å². The number of nitrogens with one attached hydrogen (secondary N) is 2. The van der Waals surface area contributed by atoms with Gasteiger partial charge in [-0.15, -0.1) is 0 Å². The van der Waals surface area contributed by atoms with Crippen LogP contribution in [-0.2, 0) is 4.79 Å². The molecule has 3 rings (SSSR count). The topological polar surface area (TPSA) is 76.4 Å². The average molecular weight is 355 g/mol. The molecular weight excluding hydrogens is 338 g/mol. The summed E-state index contributed by atoms with van der Waals surface area (Å²) >= 11 is 5.12. The van der Waals surface area contributed by atoms with Gasteiger partial charge in [-0.25, -0.2) is 4.98 Å². The van der Waals surface area contributed by atoms with E-state index in [1.807, 2.05) is 42.5 Å². The zero-order chi connectivity index (χ0) is 17.8. The van der Waals surface area contributed by atoms with Crippen molar-refractivity contribution in [3.8, 4) is 17.2 Å². The lowest BCUT2D eigenvalue weighted by molar-refractivity contribution is -0.119. The lowest BCUT2D eigenvalue weighted by atomic mass is 10.2. The van der Waals surface area contributed by atoms with Crippen LogP contribution < -0.4 is 15.4 Å². The molecule has 3 aromatic rings. The first-order valence-corrected chi connectivity index (χ1v) is 8.15. The van der Waals surface area contributed by atoms with Gasteiger partial charge in [-0.2, -0.15) is 0 Å². The van der Waals surface area contributed by atoms with Crippen molar-refractivity contribution in [3.63, 3.8) is 0 Å². The van der Waals surface area contributed by atoms with Crippen LogP contribution >= 0.6 is 12.2 Å². The average Bonchev–Trinajstić information content (AvgIpc) is 3.04. The summed E-state index contributed by atoms with van der Waals surface area (Å²) in [6.07, 6.45) is 0.369. The highest BCUT2D eigenvalue weighted by Crippen LogP contribution is 2.28. The molecule has 0 saturated heterocycles. The van der Waals surface area contributed by atoms with Crippen molar-refractivity contribution in [2.45, 2.75) is 13.3 Å². The Bertz CT molecular complexity index is 936. The van der Waals surface area contributed by atoms with E-state index in [1.54, 1.807) is 14.0 Å². The van der Waals surface area contributed by atoms with E-state index in [1.165, 1.54) is 0 Å². The van der Waals surface area contributed by atoms with Gasteiger partial charge < -0.3 is 19.8 Å². The maximum Gasteiger partial charge on any atom is 0.227 e. The maximum atomic E-state index is 11.4. The van der Waals surface area contributed by atoms with Crippen molar-refractivity contribution in [1.29, 1.82) is 0 Å². The summed E-state index contributed by atoms with van der Waals surface area (Å²) in [5.74, 6) is 1.08. The van der Waals surface area contributed by atoms with Crippen LogP contribution in [0, 0.1) is 0 Å². The smallest absolute Gasteiger partial charge is 0.227 e. The first-order chi connectivity index (χ1) is 12.1. The third-order valence-electron chi connectivity index (χ3n) is 3.54. The van der Waals surface area contributed by atoms with E-state index in [4.69, 9.17) is 21.4 Å². The van der Waals surface area contributed by atoms with Crippen molar-refractivity contribution >= 4 is 40.0 Å². The number of rotatable bonds is 4. The summed E-state index contributed by atoms with van der Waals surface area (Å²) < 4.78 is 11.0. The summed E-state index contributed by atoms with van der Waals surface area (Å²) in [5.41, 5.74) is 2.93. The fourth-order valence-electron chi connectivity index (χ4n) is 2.27. The van der Waals surface area contributed by atoms with Crippen molar-refractivity contribution < 1.29 is 13.9 Å². The number of benzene rings is 2. The van der Waals surface area contributed by atoms with Gasteiger partial charge in [-0.05, 0) is 42.5 Å². The molecule has 0 aliphatic heterocycles. The molecule has 1 aromatic heterocycles. The maximum absolute atomic E-state index is 11.4. The van der Waals surface area contributed by atoms with Crippen molar-refractivity contribution in [1.82, 2.24) is 10.3 Å². The van der Waals surface area contributed by atoms with Crippen molar-refractivity contribution in [3.05, 3.63) is 42.5 Å². The molecule has 0 bridgehead atoms. The van der Waals surface area contributed by atoms with Gasteiger partial charge in [0.05, 0.1) is 7.11 Å². The van der Waals surface area contributed by atoms with Gasteiger partial charge in [0.15, 0.2) is 10.7 Å². The lowest BCUT2D eigenvalue weighted by Crippen LogP contribution is -2.33. The summed E-state index contributed by atoms with van der Waals surface area (Å²) in [7, 11) is 1.61. The molecule has 0 unspecified atom stereocenters. The summed E-state index contributed by atoms with van der Waals surface area (Å²) in [6, 6.07) is 12.9. The van der Waals surface area contributed by atoms with Crippen molar-refractivity contribution in [2.24, 2.45) is 0 Å². The number of hydrogen-bond acceptors (Lipinski definition) is 5. The molecule has 0 radical (unpaired) electrons. The molecule has 0 aliphatic rings. The second-order valence-corrected chi connectivity index (χ2v) is 5.70. The fraction of sp³-hybridized carbons (Fsp3) is 0.167. The molecule has 2 N–H and O–H groups in total. The standard InChI is InChI=1S/C18H17N3O3S/c1-3-16(22)21-18(25)19-12-6-4-5-11(9-12)17-20-14-10-13(23-2)7-8-15(14)24-17/h4-10H,3H2,1-2H3,(H2,19,21,22,25). The Balaban J connectivity index is 1.83. The molecule has 1 amide bonds. The minimum absolute atomic E-state index is 0.137. The van der Waals surface area contributed by atoms with Gasteiger partial charge in [0, 0.05) is 23.7 Å². The van der Waals surface area contributed by atoms with E-state index < -0.39 is 0 Å². The van der Waals surface area contributed by atoms with E-state index in [2.05, 4.69) is 15.6 Å². The lowest BCUT2D eigenvalue weighted by Gasteiger charge is -2.09. The molecule has 7 heteroatoms. The highest BCUT2D eigenvalue weighted by Gasteiger charge is 2.10. The highest BCUT2D eigenvalue weighted by molar-refractivity contribution is 7.80. The Labute approximate surface area is 150 Å². The molecule has 0 aliphatic carbocycles. The first kappa shape index (κ1) is 16.9. The predicted octanol–water partition coefficient (Wildman–Crippen LogP) is 3.73. The van der Waals surface area contributed by atoms with E-state index in [0.29, 0.717) is 17.9 Å². The van der Waals surface area contributed by atoms with Crippen LogP contribution in [0.15, 0.2) is 46.9 Å². The number of nitrogens with zero attached hydrogens (tertiary/aromatic N) is 1. The Morgan fingerprint density at radius 3 is 2.88 bits per heavy atom. The number of hydrogen-bond donors (Lipinski definition) is 2. The molecule has 6 nitrogen and oxygen atoms in total. The molecule has 0 fully saturated rings. The zero-order valence-corrected chi connectivity index (χ0v) is 14.6. The Hall–Kier alpha value is -2.93. The number of methoxy groups -OCH3 is 1. The normalized spacial score (nSPS) is 10.5. The fourth-order valence-corrected chi connectivity index (χ4v) is 2.50. The second-order valence-electron chi connectivity index (χ2n) is 5.29. The molecular formula is C18H17N3O3S. The van der Waals surface area contributed by atoms with Crippen LogP contribution in [0.4, 0.5) is 5.69 Å². The Kier molecular flexibility index (Phi) is 4.95. The number of oxazole rings is 1. The number of aromatic nitrogens is 1. The third kappa shape index (κ3) is 3.95. The summed E-state index contributed by atoms with van der Waals surface area (Å²) in [4.78, 5) is 15.9. The molecule has 25 heavy (non-hydrogen) atoms. The van der Waals surface area contributed by atoms with Gasteiger partial charge in [-0.3, -0.25) is 4.79 Å². The number of amides is 1. The Morgan fingerprint density at radius 1 is 1.28 bits per heavy atom. The minimum atomic E-state index is -0.137. The second kappa shape index (κ2) is 7.31. The van der Waals surface area contributed by atoms with Crippen molar-refractivity contribution in [2.75, 3.05) is 12.4 Å². The largest absolute Gasteiger partial charge is 0.497 e. The quantitative estimate of drug-likeness (QED) is 0.695. The zero-order valence-electron chi connectivity index (χ0n) is 13.8. The monoisotopic (exact) mass is 355 g/mol. The molecule has 128 valence electrons. The first-order valence-electron chi connectivity index (χ1n) is 7.75. The minimum Gasteiger partial charge on any atom is -0.497 e. The van der Waals surface area contributed by atoms with E-state index in [-0.39, 0.29) is 11.0 Å². The van der Waals surface area contributed by atoms with Crippen LogP contribution in [0.3, 0.4) is 0 Å². The molecule has 0 atom stereocenters. The van der Waals surface area contributed by atoms with Crippen LogP contribution in [0.5, 0.6) is 5.75 Å². The predicted molar refractivity (Wildman–Crippen MR) is 101 cm³/mol. The molecule has 1 heterocycles. The summed E-state index contributed by atoms with van der Waals surface area (Å²) in [6.45, 7) is 1.76. The van der Waals surface area contributed by atoms with Crippen LogP contribution in [0.25, 0.3) is 22.6 Å². The SMILES string of the molecule is CCC(=O)NC(=S)Nc1cccc(-c2nc3cc(OC)ccc3o2)c1. The number of fused-ring (bicyclic) bond motifs is 1. The van der Waals surface area contributed by atoms with Crippen LogP contribution in [0.2, 0.25) is 0 Å². The number of ether oxygens (including phenoxy) is 1. The molecule has 2 aromatic carbocycles. The van der Waals surface area contributed by atoms with Gasteiger partial charge in [0.25, 0.3) is 0 Å². The number of thiocarbonyl (C=S) groups is 1. The summed E-state index contributed by atoms with van der Waals surface area (Å²) in [5, 5.41) is 5.84.